The molecule has 0 spiro atoms. The lowest BCUT2D eigenvalue weighted by Crippen LogP contribution is -2.38. The predicted molar refractivity (Wildman–Crippen MR) is 63.6 cm³/mol. The summed E-state index contributed by atoms with van der Waals surface area (Å²) in [5.41, 5.74) is 0. The van der Waals surface area contributed by atoms with Crippen molar-refractivity contribution < 1.29 is 13.2 Å². The van der Waals surface area contributed by atoms with Crippen LogP contribution < -0.4 is 4.72 Å². The highest BCUT2D eigenvalue weighted by Gasteiger charge is 2.12. The maximum atomic E-state index is 11.3. The van der Waals surface area contributed by atoms with Crippen LogP contribution in [0.2, 0.25) is 0 Å². The van der Waals surface area contributed by atoms with Crippen LogP contribution in [0.1, 0.15) is 13.3 Å². The fourth-order valence-corrected chi connectivity index (χ4v) is 2.12. The molecule has 0 aromatic carbocycles. The number of ether oxygens (including phenoxy) is 1. The molecule has 1 aliphatic heterocycles. The Bertz CT molecular complexity index is 321. The van der Waals surface area contributed by atoms with Gasteiger partial charge in [0.05, 0.1) is 13.2 Å². The molecule has 0 aromatic rings. The van der Waals surface area contributed by atoms with Gasteiger partial charge in [-0.05, 0) is 19.9 Å². The number of hydrogen-bond acceptors (Lipinski definition) is 4. The van der Waals surface area contributed by atoms with E-state index in [9.17, 15) is 8.42 Å². The van der Waals surface area contributed by atoms with E-state index in [2.05, 4.69) is 16.2 Å². The Morgan fingerprint density at radius 2 is 2.06 bits per heavy atom. The first-order chi connectivity index (χ1) is 7.52. The Hall–Kier alpha value is -0.430. The third-order valence-electron chi connectivity index (χ3n) is 2.51. The minimum atomic E-state index is -3.29. The first-order valence-electron chi connectivity index (χ1n) is 5.47. The summed E-state index contributed by atoms with van der Waals surface area (Å²) in [6, 6.07) is 0. The lowest BCUT2D eigenvalue weighted by atomic mass is 10.3. The minimum Gasteiger partial charge on any atom is -0.379 e. The lowest BCUT2D eigenvalue weighted by molar-refractivity contribution is 0.0376. The van der Waals surface area contributed by atoms with Crippen molar-refractivity contribution in [3.8, 4) is 0 Å². The number of nitrogens with zero attached hydrogens (tertiary/aromatic N) is 1. The van der Waals surface area contributed by atoms with Crippen LogP contribution in [0.3, 0.4) is 0 Å². The molecular weight excluding hydrogens is 228 g/mol. The van der Waals surface area contributed by atoms with Crippen molar-refractivity contribution in [2.75, 3.05) is 39.4 Å². The summed E-state index contributed by atoms with van der Waals surface area (Å²) in [5, 5.41) is 0. The van der Waals surface area contributed by atoms with Crippen molar-refractivity contribution in [3.63, 3.8) is 0 Å². The highest BCUT2D eigenvalue weighted by molar-refractivity contribution is 7.93. The molecule has 0 atom stereocenters. The number of rotatable bonds is 6. The number of morpholine rings is 1. The van der Waals surface area contributed by atoms with Gasteiger partial charge in [-0.25, -0.2) is 13.1 Å². The van der Waals surface area contributed by atoms with Gasteiger partial charge in [0, 0.05) is 24.5 Å². The molecule has 0 saturated carbocycles. The van der Waals surface area contributed by atoms with E-state index in [4.69, 9.17) is 4.74 Å². The zero-order valence-electron chi connectivity index (χ0n) is 9.74. The van der Waals surface area contributed by atoms with Crippen LogP contribution >= 0.6 is 0 Å². The third-order valence-corrected chi connectivity index (χ3v) is 4.01. The van der Waals surface area contributed by atoms with Gasteiger partial charge in [-0.2, -0.15) is 0 Å². The summed E-state index contributed by atoms with van der Waals surface area (Å²) in [6.07, 6.45) is 0.812. The van der Waals surface area contributed by atoms with Gasteiger partial charge >= 0.3 is 0 Å². The molecule has 1 fully saturated rings. The van der Waals surface area contributed by atoms with E-state index < -0.39 is 10.0 Å². The average Bonchev–Trinajstić information content (AvgIpc) is 2.26. The van der Waals surface area contributed by atoms with Crippen LogP contribution in [0.5, 0.6) is 0 Å². The van der Waals surface area contributed by atoms with Gasteiger partial charge in [-0.3, -0.25) is 4.90 Å². The summed E-state index contributed by atoms with van der Waals surface area (Å²) >= 11 is 0. The molecule has 1 rings (SSSR count). The molecule has 94 valence electrons. The fourth-order valence-electron chi connectivity index (χ4n) is 1.46. The molecule has 0 amide bonds. The molecule has 1 N–H and O–H groups in total. The molecule has 5 nitrogen and oxygen atoms in total. The summed E-state index contributed by atoms with van der Waals surface area (Å²) in [5.74, 6) is 0. The zero-order valence-corrected chi connectivity index (χ0v) is 10.6. The van der Waals surface area contributed by atoms with E-state index in [1.54, 1.807) is 0 Å². The van der Waals surface area contributed by atoms with E-state index in [1.165, 1.54) is 6.92 Å². The monoisotopic (exact) mass is 248 g/mol. The molecule has 6 heteroatoms. The second-order valence-electron chi connectivity index (χ2n) is 3.91. The van der Waals surface area contributed by atoms with Crippen LogP contribution in [0.25, 0.3) is 0 Å². The number of allylic oxidation sites excluding steroid dienone is 1. The van der Waals surface area contributed by atoms with Crippen LogP contribution in [0.4, 0.5) is 0 Å². The van der Waals surface area contributed by atoms with E-state index in [0.717, 1.165) is 39.3 Å². The summed E-state index contributed by atoms with van der Waals surface area (Å²) < 4.78 is 30.4. The summed E-state index contributed by atoms with van der Waals surface area (Å²) in [6.45, 7) is 9.70. The number of hydrogen-bond donors (Lipinski definition) is 1. The Morgan fingerprint density at radius 3 is 2.62 bits per heavy atom. The second-order valence-corrected chi connectivity index (χ2v) is 5.90. The molecule has 1 heterocycles. The molecule has 1 aliphatic rings. The topological polar surface area (TPSA) is 58.6 Å². The maximum Gasteiger partial charge on any atom is 0.235 e. The smallest absolute Gasteiger partial charge is 0.235 e. The van der Waals surface area contributed by atoms with E-state index in [0.29, 0.717) is 6.54 Å². The van der Waals surface area contributed by atoms with E-state index in [-0.39, 0.29) is 4.91 Å². The van der Waals surface area contributed by atoms with E-state index in [1.807, 2.05) is 0 Å². The summed E-state index contributed by atoms with van der Waals surface area (Å²) in [4.78, 5) is 2.44. The van der Waals surface area contributed by atoms with Crippen LogP contribution in [-0.2, 0) is 14.8 Å². The standard InChI is InChI=1S/C10H20N2O3S/c1-10(2)16(13,14)11-4-3-5-12-6-8-15-9-7-12/h11H,1,3-9H2,2H3. The van der Waals surface area contributed by atoms with Crippen molar-refractivity contribution in [1.82, 2.24) is 9.62 Å². The molecule has 0 aliphatic carbocycles. The van der Waals surface area contributed by atoms with Crippen molar-refractivity contribution in [2.24, 2.45) is 0 Å². The van der Waals surface area contributed by atoms with Gasteiger partial charge in [0.2, 0.25) is 10.0 Å². The molecule has 1 saturated heterocycles. The maximum absolute atomic E-state index is 11.3. The van der Waals surface area contributed by atoms with Gasteiger partial charge < -0.3 is 4.74 Å². The zero-order chi connectivity index (χ0) is 12.0. The van der Waals surface area contributed by atoms with Crippen molar-refractivity contribution in [2.45, 2.75) is 13.3 Å². The molecule has 16 heavy (non-hydrogen) atoms. The third kappa shape index (κ3) is 4.61. The Labute approximate surface area is 97.5 Å². The number of nitrogens with one attached hydrogen (secondary N) is 1. The first kappa shape index (κ1) is 13.6. The first-order valence-corrected chi connectivity index (χ1v) is 6.96. The van der Waals surface area contributed by atoms with Gasteiger partial charge in [0.1, 0.15) is 0 Å². The van der Waals surface area contributed by atoms with Gasteiger partial charge in [-0.1, -0.05) is 6.58 Å². The van der Waals surface area contributed by atoms with Crippen molar-refractivity contribution in [1.29, 1.82) is 0 Å². The van der Waals surface area contributed by atoms with Crippen LogP contribution in [-0.4, -0.2) is 52.7 Å². The number of sulfonamides is 1. The van der Waals surface area contributed by atoms with Crippen LogP contribution in [0, 0.1) is 0 Å². The van der Waals surface area contributed by atoms with E-state index >= 15 is 0 Å². The van der Waals surface area contributed by atoms with Gasteiger partial charge in [0.15, 0.2) is 0 Å². The average molecular weight is 248 g/mol. The molecule has 0 radical (unpaired) electrons. The predicted octanol–water partition coefficient (Wildman–Crippen LogP) is 0.162. The van der Waals surface area contributed by atoms with Crippen molar-refractivity contribution in [3.05, 3.63) is 11.5 Å². The van der Waals surface area contributed by atoms with Crippen LogP contribution in [0.15, 0.2) is 11.5 Å². The largest absolute Gasteiger partial charge is 0.379 e. The Morgan fingerprint density at radius 1 is 1.44 bits per heavy atom. The molecule has 0 unspecified atom stereocenters. The highest BCUT2D eigenvalue weighted by atomic mass is 32.2. The fraction of sp³-hybridized carbons (Fsp3) is 0.800. The Balaban J connectivity index is 2.14. The second kappa shape index (κ2) is 6.34. The molecule has 0 aromatic heterocycles. The molecular formula is C10H20N2O3S. The van der Waals surface area contributed by atoms with Crippen molar-refractivity contribution >= 4 is 10.0 Å². The highest BCUT2D eigenvalue weighted by Crippen LogP contribution is 2.00. The molecule has 0 bridgehead atoms. The SMILES string of the molecule is C=C(C)S(=O)(=O)NCCCN1CCOCC1. The minimum absolute atomic E-state index is 0.166. The quantitative estimate of drug-likeness (QED) is 0.680. The lowest BCUT2D eigenvalue weighted by Gasteiger charge is -2.26. The Kier molecular flexibility index (Phi) is 5.40. The van der Waals surface area contributed by atoms with Gasteiger partial charge in [-0.15, -0.1) is 0 Å². The van der Waals surface area contributed by atoms with Gasteiger partial charge in [0.25, 0.3) is 0 Å². The normalized spacial score (nSPS) is 18.6. The summed E-state index contributed by atoms with van der Waals surface area (Å²) in [7, 11) is -3.29.